The number of piperazine rings is 1. The summed E-state index contributed by atoms with van der Waals surface area (Å²) in [7, 11) is 2.02. The topological polar surface area (TPSA) is 92.3 Å². The highest BCUT2D eigenvalue weighted by Gasteiger charge is 2.32. The molecule has 1 heterocycles. The summed E-state index contributed by atoms with van der Waals surface area (Å²) in [6.07, 6.45) is -0.320. The molecule has 1 aliphatic heterocycles. The van der Waals surface area contributed by atoms with E-state index in [1.165, 1.54) is 32.3 Å². The van der Waals surface area contributed by atoms with Gasteiger partial charge in [0.2, 0.25) is 5.91 Å². The van der Waals surface area contributed by atoms with Crippen LogP contribution in [-0.2, 0) is 15.8 Å². The number of likely N-dealkylation sites (N-methyl/N-ethyl adjacent to an activating group) is 1. The fourth-order valence-electron chi connectivity index (χ4n) is 4.41. The van der Waals surface area contributed by atoms with E-state index >= 15 is 0 Å². The van der Waals surface area contributed by atoms with Gasteiger partial charge in [-0.2, -0.15) is 18.3 Å². The molecule has 0 bridgehead atoms. The van der Waals surface area contributed by atoms with Crippen LogP contribution < -0.4 is 16.2 Å². The zero-order chi connectivity index (χ0) is 27.9. The van der Waals surface area contributed by atoms with Gasteiger partial charge in [0.25, 0.3) is 5.91 Å². The molecule has 2 aliphatic rings. The molecule has 1 aromatic carbocycles. The van der Waals surface area contributed by atoms with Gasteiger partial charge in [-0.25, -0.2) is 10.4 Å². The van der Waals surface area contributed by atoms with Crippen molar-refractivity contribution in [1.82, 2.24) is 25.7 Å². The summed E-state index contributed by atoms with van der Waals surface area (Å²) in [4.78, 5) is 30.7. The molecule has 0 unspecified atom stereocenters. The van der Waals surface area contributed by atoms with Crippen LogP contribution in [0.4, 0.5) is 18.9 Å². The van der Waals surface area contributed by atoms with Crippen molar-refractivity contribution in [2.24, 2.45) is 11.0 Å². The van der Waals surface area contributed by atoms with E-state index in [4.69, 9.17) is 0 Å². The summed E-state index contributed by atoms with van der Waals surface area (Å²) in [5, 5.41) is 7.40. The number of hydrazine groups is 1. The first-order valence-electron chi connectivity index (χ1n) is 12.9. The van der Waals surface area contributed by atoms with Gasteiger partial charge in [0.1, 0.15) is 12.2 Å². The fourth-order valence-corrected chi connectivity index (χ4v) is 4.41. The van der Waals surface area contributed by atoms with Crippen molar-refractivity contribution < 1.29 is 22.8 Å². The number of nitrogens with zero attached hydrogens (tertiary/aromatic N) is 4. The highest BCUT2D eigenvalue weighted by atomic mass is 19.4. The lowest BCUT2D eigenvalue weighted by molar-refractivity contribution is -0.137. The maximum atomic E-state index is 13.7. The number of hydrogen-bond donors (Lipinski definition) is 3. The van der Waals surface area contributed by atoms with E-state index in [0.29, 0.717) is 36.8 Å². The Morgan fingerprint density at radius 1 is 1.18 bits per heavy atom. The zero-order valence-electron chi connectivity index (χ0n) is 22.3. The van der Waals surface area contributed by atoms with E-state index < -0.39 is 30.1 Å². The molecular weight excluding hydrogens is 499 g/mol. The number of carbonyl (C=O) groups excluding carboxylic acids is 2. The minimum Gasteiger partial charge on any atom is -0.363 e. The number of amides is 2. The van der Waals surface area contributed by atoms with Crippen molar-refractivity contribution in [3.63, 3.8) is 0 Å². The second kappa shape index (κ2) is 13.1. The minimum absolute atomic E-state index is 0.227. The Labute approximate surface area is 222 Å². The lowest BCUT2D eigenvalue weighted by atomic mass is 9.86. The van der Waals surface area contributed by atoms with Crippen LogP contribution in [0.15, 0.2) is 34.7 Å². The second-order valence-corrected chi connectivity index (χ2v) is 9.85. The lowest BCUT2D eigenvalue weighted by Gasteiger charge is -2.37. The van der Waals surface area contributed by atoms with E-state index in [9.17, 15) is 22.8 Å². The number of alkyl halides is 3. The first kappa shape index (κ1) is 29.4. The normalized spacial score (nSPS) is 17.4. The number of aryl methyl sites for hydroxylation is 1. The average molecular weight is 538 g/mol. The van der Waals surface area contributed by atoms with Crippen LogP contribution in [-0.4, -0.2) is 79.7 Å². The standard InChI is InChI=1S/C26H38F3N7O2/c1-5-21(33-31-16-19-7-6-8-19)24(35-13-11-34(4)12-14-35)25(38)36(30-3)17-23(37)32-22-10-9-20(15-18(22)2)26(27,28)29/h9-10,15,19,31,33H,3,5-8,11-14,16-17H2,1-2,4H3,(H,32,37)/b24-21+. The van der Waals surface area contributed by atoms with Crippen molar-refractivity contribution in [1.29, 1.82) is 0 Å². The third kappa shape index (κ3) is 7.70. The zero-order valence-corrected chi connectivity index (χ0v) is 22.3. The summed E-state index contributed by atoms with van der Waals surface area (Å²) in [6.45, 7) is 10.1. The molecule has 0 atom stereocenters. The van der Waals surface area contributed by atoms with E-state index in [1.807, 2.05) is 18.9 Å². The number of hydrogen-bond acceptors (Lipinski definition) is 7. The summed E-state index contributed by atoms with van der Waals surface area (Å²) < 4.78 is 38.9. The maximum Gasteiger partial charge on any atom is 0.416 e. The number of benzene rings is 1. The van der Waals surface area contributed by atoms with Crippen molar-refractivity contribution in [2.75, 3.05) is 51.6 Å². The molecule has 1 saturated heterocycles. The first-order valence-corrected chi connectivity index (χ1v) is 12.9. The Morgan fingerprint density at radius 3 is 2.39 bits per heavy atom. The molecular formula is C26H38F3N7O2. The molecule has 0 spiro atoms. The lowest BCUT2D eigenvalue weighted by Crippen LogP contribution is -2.49. The molecule has 0 aromatic heterocycles. The fraction of sp³-hybridized carbons (Fsp3) is 0.577. The maximum absolute atomic E-state index is 13.7. The summed E-state index contributed by atoms with van der Waals surface area (Å²) >= 11 is 0. The number of halogens is 3. The minimum atomic E-state index is -4.48. The van der Waals surface area contributed by atoms with Crippen LogP contribution in [0, 0.1) is 12.8 Å². The number of anilines is 1. The molecule has 3 N–H and O–H groups in total. The van der Waals surface area contributed by atoms with Crippen molar-refractivity contribution in [3.05, 3.63) is 40.7 Å². The Balaban J connectivity index is 1.75. The Morgan fingerprint density at radius 2 is 1.87 bits per heavy atom. The molecule has 210 valence electrons. The van der Waals surface area contributed by atoms with E-state index in [0.717, 1.165) is 36.8 Å². The third-order valence-electron chi connectivity index (χ3n) is 7.04. The van der Waals surface area contributed by atoms with Crippen molar-refractivity contribution in [2.45, 2.75) is 45.7 Å². The predicted octanol–water partition coefficient (Wildman–Crippen LogP) is 3.16. The monoisotopic (exact) mass is 537 g/mol. The van der Waals surface area contributed by atoms with E-state index in [2.05, 4.69) is 32.9 Å². The van der Waals surface area contributed by atoms with E-state index in [1.54, 1.807) is 0 Å². The smallest absolute Gasteiger partial charge is 0.363 e. The van der Waals surface area contributed by atoms with Crippen LogP contribution in [0.2, 0.25) is 0 Å². The Kier molecular flexibility index (Phi) is 10.1. The van der Waals surface area contributed by atoms with Crippen LogP contribution in [0.3, 0.4) is 0 Å². The van der Waals surface area contributed by atoms with Gasteiger partial charge < -0.3 is 20.5 Å². The number of hydrazone groups is 1. The van der Waals surface area contributed by atoms with Crippen molar-refractivity contribution >= 4 is 24.2 Å². The first-order chi connectivity index (χ1) is 18.0. The largest absolute Gasteiger partial charge is 0.416 e. The molecule has 1 saturated carbocycles. The summed E-state index contributed by atoms with van der Waals surface area (Å²) in [5.41, 5.74) is 7.29. The highest BCUT2D eigenvalue weighted by Crippen LogP contribution is 2.31. The van der Waals surface area contributed by atoms with Gasteiger partial charge in [0.05, 0.1) is 11.3 Å². The number of rotatable bonds is 11. The number of carbonyl (C=O) groups is 2. The van der Waals surface area contributed by atoms with Crippen LogP contribution in [0.5, 0.6) is 0 Å². The molecule has 1 aromatic rings. The molecule has 38 heavy (non-hydrogen) atoms. The van der Waals surface area contributed by atoms with Gasteiger partial charge in [-0.1, -0.05) is 13.3 Å². The van der Waals surface area contributed by atoms with Crippen LogP contribution >= 0.6 is 0 Å². The van der Waals surface area contributed by atoms with Crippen LogP contribution in [0.1, 0.15) is 43.7 Å². The molecule has 0 radical (unpaired) electrons. The van der Waals surface area contributed by atoms with Gasteiger partial charge in [0.15, 0.2) is 0 Å². The van der Waals surface area contributed by atoms with Crippen molar-refractivity contribution in [3.8, 4) is 0 Å². The van der Waals surface area contributed by atoms with Gasteiger partial charge in [-0.15, -0.1) is 0 Å². The molecule has 2 fully saturated rings. The van der Waals surface area contributed by atoms with E-state index in [-0.39, 0.29) is 11.3 Å². The molecule has 2 amide bonds. The Hall–Kier alpha value is -3.12. The predicted molar refractivity (Wildman–Crippen MR) is 141 cm³/mol. The SMILES string of the molecule is C=NN(CC(=O)Nc1ccc(C(F)(F)F)cc1C)C(=O)/C(=C(/CC)NNCC1CCC1)N1CCN(C)CC1. The Bertz CT molecular complexity index is 1030. The molecule has 1 aliphatic carbocycles. The number of allylic oxidation sites excluding steroid dienone is 1. The third-order valence-corrected chi connectivity index (χ3v) is 7.04. The highest BCUT2D eigenvalue weighted by molar-refractivity contribution is 5.99. The molecule has 12 heteroatoms. The molecule has 3 rings (SSSR count). The van der Waals surface area contributed by atoms with Gasteiger partial charge in [0, 0.05) is 45.1 Å². The quantitative estimate of drug-likeness (QED) is 0.228. The summed E-state index contributed by atoms with van der Waals surface area (Å²) in [6, 6.07) is 3.07. The number of nitrogens with one attached hydrogen (secondary N) is 3. The van der Waals surface area contributed by atoms with Gasteiger partial charge in [-0.3, -0.25) is 9.59 Å². The van der Waals surface area contributed by atoms with Crippen LogP contribution in [0.25, 0.3) is 0 Å². The van der Waals surface area contributed by atoms with Gasteiger partial charge >= 0.3 is 6.18 Å². The average Bonchev–Trinajstić information content (AvgIpc) is 2.84. The molecule has 9 nitrogen and oxygen atoms in total. The summed E-state index contributed by atoms with van der Waals surface area (Å²) in [5.74, 6) is -0.453. The van der Waals surface area contributed by atoms with Gasteiger partial charge in [-0.05, 0) is 62.9 Å². The second-order valence-electron chi connectivity index (χ2n) is 9.85.